The molecule has 1 fully saturated rings. The average Bonchev–Trinajstić information content (AvgIpc) is 2.77. The second-order valence-corrected chi connectivity index (χ2v) is 5.33. The van der Waals surface area contributed by atoms with Gasteiger partial charge >= 0.3 is 0 Å². The molecule has 0 aliphatic carbocycles. The van der Waals surface area contributed by atoms with Gasteiger partial charge in [-0.25, -0.2) is 0 Å². The molecule has 1 aromatic heterocycles. The normalized spacial score (nSPS) is 21.6. The Kier molecular flexibility index (Phi) is 4.70. The van der Waals surface area contributed by atoms with Crippen LogP contribution in [0.4, 0.5) is 5.13 Å². The molecule has 0 aromatic carbocycles. The molecule has 1 aliphatic rings. The van der Waals surface area contributed by atoms with Gasteiger partial charge in [0.05, 0.1) is 12.6 Å². The highest BCUT2D eigenvalue weighted by atomic mass is 32.1. The topological polar surface area (TPSA) is 50.3 Å². The highest BCUT2D eigenvalue weighted by Gasteiger charge is 2.20. The lowest BCUT2D eigenvalue weighted by atomic mass is 10.1. The minimum atomic E-state index is 0.380. The summed E-state index contributed by atoms with van der Waals surface area (Å²) in [4.78, 5) is 2.40. The number of rotatable bonds is 5. The van der Waals surface area contributed by atoms with Crippen molar-refractivity contribution in [2.45, 2.75) is 32.4 Å². The van der Waals surface area contributed by atoms with Crippen LogP contribution >= 0.6 is 11.3 Å². The zero-order valence-electron chi connectivity index (χ0n) is 10.5. The van der Waals surface area contributed by atoms with Crippen LogP contribution in [-0.4, -0.2) is 47.9 Å². The van der Waals surface area contributed by atoms with Gasteiger partial charge in [-0.15, -0.1) is 10.2 Å². The first-order valence-electron chi connectivity index (χ1n) is 6.13. The van der Waals surface area contributed by atoms with E-state index in [9.17, 15) is 0 Å². The van der Waals surface area contributed by atoms with E-state index in [4.69, 9.17) is 4.74 Å². The lowest BCUT2D eigenvalue weighted by Crippen LogP contribution is -2.38. The number of aromatic nitrogens is 2. The first kappa shape index (κ1) is 12.7. The third kappa shape index (κ3) is 3.62. The lowest BCUT2D eigenvalue weighted by molar-refractivity contribution is 0.0285. The van der Waals surface area contributed by atoms with Gasteiger partial charge in [-0.3, -0.25) is 4.90 Å². The number of methoxy groups -OCH3 is 1. The van der Waals surface area contributed by atoms with Crippen LogP contribution < -0.4 is 5.32 Å². The van der Waals surface area contributed by atoms with Gasteiger partial charge < -0.3 is 10.1 Å². The summed E-state index contributed by atoms with van der Waals surface area (Å²) in [7, 11) is 1.79. The Labute approximate surface area is 106 Å². The van der Waals surface area contributed by atoms with E-state index >= 15 is 0 Å². The maximum absolute atomic E-state index is 5.42. The fraction of sp³-hybridized carbons (Fsp3) is 0.818. The van der Waals surface area contributed by atoms with E-state index in [1.54, 1.807) is 18.4 Å². The summed E-state index contributed by atoms with van der Waals surface area (Å²) in [6.07, 6.45) is 2.76. The second kappa shape index (κ2) is 6.28. The van der Waals surface area contributed by atoms with Crippen LogP contribution in [0, 0.1) is 0 Å². The zero-order valence-corrected chi connectivity index (χ0v) is 11.3. The van der Waals surface area contributed by atoms with Crippen molar-refractivity contribution in [2.24, 2.45) is 0 Å². The number of piperidine rings is 1. The largest absolute Gasteiger partial charge is 0.380 e. The van der Waals surface area contributed by atoms with Crippen LogP contribution in [-0.2, 0) is 11.3 Å². The third-order valence-corrected chi connectivity index (χ3v) is 3.82. The van der Waals surface area contributed by atoms with Gasteiger partial charge in [-0.05, 0) is 26.3 Å². The van der Waals surface area contributed by atoms with Crippen LogP contribution in [0.3, 0.4) is 0 Å². The Morgan fingerprint density at radius 2 is 2.41 bits per heavy atom. The van der Waals surface area contributed by atoms with Gasteiger partial charge in [0.2, 0.25) is 5.13 Å². The number of ether oxygens (including phenoxy) is 1. The highest BCUT2D eigenvalue weighted by molar-refractivity contribution is 7.15. The van der Waals surface area contributed by atoms with Gasteiger partial charge in [0.15, 0.2) is 0 Å². The molecule has 1 aromatic rings. The Balaban J connectivity index is 1.86. The predicted molar refractivity (Wildman–Crippen MR) is 69.4 cm³/mol. The molecule has 0 amide bonds. The molecule has 0 spiro atoms. The molecule has 1 N–H and O–H groups in total. The minimum Gasteiger partial charge on any atom is -0.380 e. The summed E-state index contributed by atoms with van der Waals surface area (Å²) in [5.74, 6) is 0. The van der Waals surface area contributed by atoms with Crippen LogP contribution in [0.5, 0.6) is 0 Å². The molecular weight excluding hydrogens is 236 g/mol. The summed E-state index contributed by atoms with van der Waals surface area (Å²) in [5.41, 5.74) is 0. The standard InChI is InChI=1S/C11H20N4OS/c1-3-12-11-14-13-10(17-11)8-15-6-4-5-9(7-15)16-2/h9H,3-8H2,1-2H3,(H,12,14). The van der Waals surface area contributed by atoms with E-state index in [0.717, 1.165) is 36.3 Å². The Hall–Kier alpha value is -0.720. The molecule has 2 heterocycles. The van der Waals surface area contributed by atoms with Gasteiger partial charge in [0.25, 0.3) is 0 Å². The summed E-state index contributed by atoms with van der Waals surface area (Å²) < 4.78 is 5.42. The third-order valence-electron chi connectivity index (χ3n) is 2.95. The number of nitrogens with one attached hydrogen (secondary N) is 1. The maximum Gasteiger partial charge on any atom is 0.205 e. The number of hydrogen-bond donors (Lipinski definition) is 1. The molecule has 0 bridgehead atoms. The zero-order chi connectivity index (χ0) is 12.1. The first-order valence-corrected chi connectivity index (χ1v) is 6.95. The van der Waals surface area contributed by atoms with E-state index < -0.39 is 0 Å². The highest BCUT2D eigenvalue weighted by Crippen LogP contribution is 2.19. The van der Waals surface area contributed by atoms with Crippen molar-refractivity contribution in [1.82, 2.24) is 15.1 Å². The van der Waals surface area contributed by atoms with E-state index in [2.05, 4.69) is 27.3 Å². The van der Waals surface area contributed by atoms with Crippen molar-refractivity contribution in [2.75, 3.05) is 32.1 Å². The summed E-state index contributed by atoms with van der Waals surface area (Å²) in [6, 6.07) is 0. The smallest absolute Gasteiger partial charge is 0.205 e. The number of likely N-dealkylation sites (tertiary alicyclic amines) is 1. The number of nitrogens with zero attached hydrogens (tertiary/aromatic N) is 3. The summed E-state index contributed by atoms with van der Waals surface area (Å²) >= 11 is 1.64. The van der Waals surface area contributed by atoms with Gasteiger partial charge in [0, 0.05) is 20.2 Å². The van der Waals surface area contributed by atoms with Crippen molar-refractivity contribution in [3.63, 3.8) is 0 Å². The Morgan fingerprint density at radius 3 is 3.18 bits per heavy atom. The molecule has 17 heavy (non-hydrogen) atoms. The quantitative estimate of drug-likeness (QED) is 0.867. The molecule has 1 atom stereocenters. The molecule has 6 heteroatoms. The lowest BCUT2D eigenvalue weighted by Gasteiger charge is -2.30. The van der Waals surface area contributed by atoms with Crippen LogP contribution in [0.25, 0.3) is 0 Å². The molecule has 96 valence electrons. The van der Waals surface area contributed by atoms with Crippen LogP contribution in [0.1, 0.15) is 24.8 Å². The van der Waals surface area contributed by atoms with Crippen molar-refractivity contribution in [1.29, 1.82) is 0 Å². The van der Waals surface area contributed by atoms with Gasteiger partial charge in [0.1, 0.15) is 5.01 Å². The molecule has 1 unspecified atom stereocenters. The van der Waals surface area contributed by atoms with Crippen molar-refractivity contribution >= 4 is 16.5 Å². The van der Waals surface area contributed by atoms with Crippen molar-refractivity contribution < 1.29 is 4.74 Å². The van der Waals surface area contributed by atoms with Gasteiger partial charge in [-0.1, -0.05) is 11.3 Å². The van der Waals surface area contributed by atoms with E-state index in [1.807, 2.05) is 0 Å². The molecule has 0 radical (unpaired) electrons. The van der Waals surface area contributed by atoms with E-state index in [-0.39, 0.29) is 0 Å². The number of anilines is 1. The van der Waals surface area contributed by atoms with Crippen LogP contribution in [0.2, 0.25) is 0 Å². The second-order valence-electron chi connectivity index (χ2n) is 4.27. The maximum atomic E-state index is 5.42. The molecule has 5 nitrogen and oxygen atoms in total. The predicted octanol–water partition coefficient (Wildman–Crippen LogP) is 1.58. The SMILES string of the molecule is CCNc1nnc(CN2CCCC(OC)C2)s1. The molecule has 2 rings (SSSR count). The van der Waals surface area contributed by atoms with Gasteiger partial charge in [-0.2, -0.15) is 0 Å². The van der Waals surface area contributed by atoms with E-state index in [1.165, 1.54) is 12.8 Å². The first-order chi connectivity index (χ1) is 8.31. The fourth-order valence-corrected chi connectivity index (χ4v) is 2.93. The fourth-order valence-electron chi connectivity index (χ4n) is 2.08. The molecule has 1 saturated heterocycles. The molecule has 0 saturated carbocycles. The summed E-state index contributed by atoms with van der Waals surface area (Å²) in [6.45, 7) is 5.99. The number of hydrogen-bond acceptors (Lipinski definition) is 6. The van der Waals surface area contributed by atoms with E-state index in [0.29, 0.717) is 6.10 Å². The van der Waals surface area contributed by atoms with Crippen molar-refractivity contribution in [3.05, 3.63) is 5.01 Å². The Bertz CT molecular complexity index is 344. The van der Waals surface area contributed by atoms with Crippen LogP contribution in [0.15, 0.2) is 0 Å². The van der Waals surface area contributed by atoms with Crippen molar-refractivity contribution in [3.8, 4) is 0 Å². The molecule has 1 aliphatic heterocycles. The minimum absolute atomic E-state index is 0.380. The monoisotopic (exact) mass is 256 g/mol. The Morgan fingerprint density at radius 1 is 1.53 bits per heavy atom. The summed E-state index contributed by atoms with van der Waals surface area (Å²) in [5, 5.41) is 13.5. The molecular formula is C11H20N4OS. The average molecular weight is 256 g/mol.